The first-order valence-electron chi connectivity index (χ1n) is 19.9. The van der Waals surface area contributed by atoms with E-state index < -0.39 is 13.9 Å². The van der Waals surface area contributed by atoms with Crippen molar-refractivity contribution in [2.45, 2.75) is 180 Å². The Kier molecular flexibility index (Phi) is 32.9. The summed E-state index contributed by atoms with van der Waals surface area (Å²) >= 11 is 0. The van der Waals surface area contributed by atoms with Crippen LogP contribution in [-0.4, -0.2) is 75.6 Å². The lowest BCUT2D eigenvalue weighted by atomic mass is 10.1. The van der Waals surface area contributed by atoms with E-state index >= 15 is 0 Å². The van der Waals surface area contributed by atoms with Crippen LogP contribution in [0.15, 0.2) is 12.2 Å². The quantitative estimate of drug-likeness (QED) is 0.0226. The minimum atomic E-state index is -4.26. The lowest BCUT2D eigenvalue weighted by molar-refractivity contribution is -0.870. The van der Waals surface area contributed by atoms with E-state index in [4.69, 9.17) is 18.5 Å². The monoisotopic (exact) mass is 705 g/mol. The van der Waals surface area contributed by atoms with Gasteiger partial charge in [0.15, 0.2) is 0 Å². The molecule has 0 aromatic carbocycles. The van der Waals surface area contributed by atoms with Crippen LogP contribution in [-0.2, 0) is 27.9 Å². The van der Waals surface area contributed by atoms with Crippen LogP contribution in [0.4, 0.5) is 0 Å². The minimum Gasteiger partial charge on any atom is -0.457 e. The fraction of sp³-hybridized carbons (Fsp3) is 0.923. The zero-order valence-corrected chi connectivity index (χ0v) is 33.1. The number of ether oxygens (including phenoxy) is 2. The summed E-state index contributed by atoms with van der Waals surface area (Å²) in [4.78, 5) is 22.7. The second kappa shape index (κ2) is 33.4. The van der Waals surface area contributed by atoms with E-state index in [9.17, 15) is 14.3 Å². The summed E-state index contributed by atoms with van der Waals surface area (Å²) in [6, 6.07) is 0. The summed E-state index contributed by atoms with van der Waals surface area (Å²) in [5.74, 6) is -0.318. The number of carbonyl (C=O) groups is 1. The second-order valence-corrected chi connectivity index (χ2v) is 16.1. The Bertz CT molecular complexity index is 787. The maximum Gasteiger partial charge on any atom is 0.472 e. The summed E-state index contributed by atoms with van der Waals surface area (Å²) < 4.78 is 34.8. The number of quaternary nitrogens is 1. The van der Waals surface area contributed by atoms with E-state index in [0.717, 1.165) is 32.1 Å². The third-order valence-corrected chi connectivity index (χ3v) is 9.56. The third-order valence-electron chi connectivity index (χ3n) is 8.58. The average Bonchev–Trinajstić information content (AvgIpc) is 3.03. The standard InChI is InChI=1S/C39H78NO7P/c1-6-8-10-12-14-16-17-18-19-20-21-22-23-24-25-26-28-30-32-39(41)47-38(36-44-34-31-29-27-15-13-11-9-7-2)37-46-48(42,43)45-35-33-40(3,4)5/h19-20,38H,6-18,21-37H2,1-5H3/p+1/b20-19-. The van der Waals surface area contributed by atoms with Gasteiger partial charge in [-0.2, -0.15) is 0 Å². The van der Waals surface area contributed by atoms with Gasteiger partial charge in [-0.3, -0.25) is 13.8 Å². The van der Waals surface area contributed by atoms with Gasteiger partial charge < -0.3 is 18.9 Å². The molecule has 0 rings (SSSR count). The molecule has 0 aliphatic rings. The van der Waals surface area contributed by atoms with E-state index in [1.165, 1.54) is 122 Å². The SMILES string of the molecule is CCCCCCCCC/C=C\CCCCCCCCCC(=O)OC(COCCCCCCCCCC)COP(=O)(O)OCC[N+](C)(C)C. The van der Waals surface area contributed by atoms with E-state index in [2.05, 4.69) is 26.0 Å². The van der Waals surface area contributed by atoms with E-state index in [1.807, 2.05) is 21.1 Å². The summed E-state index contributed by atoms with van der Waals surface area (Å²) in [6.45, 7) is 5.61. The van der Waals surface area contributed by atoms with Gasteiger partial charge in [-0.05, 0) is 38.5 Å². The van der Waals surface area contributed by atoms with Crippen molar-refractivity contribution in [3.63, 3.8) is 0 Å². The van der Waals surface area contributed by atoms with Gasteiger partial charge in [0.05, 0.1) is 34.4 Å². The molecule has 0 aromatic rings. The number of phosphoric acid groups is 1. The highest BCUT2D eigenvalue weighted by Gasteiger charge is 2.26. The Morgan fingerprint density at radius 1 is 0.625 bits per heavy atom. The normalized spacial score (nSPS) is 14.0. The summed E-state index contributed by atoms with van der Waals surface area (Å²) in [5, 5.41) is 0. The molecule has 0 aliphatic heterocycles. The number of allylic oxidation sites excluding steroid dienone is 2. The van der Waals surface area contributed by atoms with Crippen LogP contribution >= 0.6 is 7.82 Å². The van der Waals surface area contributed by atoms with Crippen molar-refractivity contribution in [2.75, 3.05) is 54.1 Å². The molecule has 1 N–H and O–H groups in total. The molecule has 0 saturated heterocycles. The van der Waals surface area contributed by atoms with Gasteiger partial charge in [0.25, 0.3) is 0 Å². The van der Waals surface area contributed by atoms with Crippen molar-refractivity contribution < 1.29 is 37.3 Å². The highest BCUT2D eigenvalue weighted by atomic mass is 31.2. The number of nitrogens with zero attached hydrogens (tertiary/aromatic N) is 1. The van der Waals surface area contributed by atoms with Crippen molar-refractivity contribution in [2.24, 2.45) is 0 Å². The summed E-state index contributed by atoms with van der Waals surface area (Å²) in [7, 11) is 1.67. The number of unbranched alkanes of at least 4 members (excludes halogenated alkanes) is 21. The molecule has 0 aromatic heterocycles. The number of phosphoric ester groups is 1. The van der Waals surface area contributed by atoms with Crippen LogP contribution < -0.4 is 0 Å². The van der Waals surface area contributed by atoms with Crippen molar-refractivity contribution in [3.05, 3.63) is 12.2 Å². The lowest BCUT2D eigenvalue weighted by Crippen LogP contribution is -2.37. The molecule has 2 atom stereocenters. The fourth-order valence-corrected chi connectivity index (χ4v) is 6.17. The van der Waals surface area contributed by atoms with E-state index in [-0.39, 0.29) is 25.8 Å². The Labute approximate surface area is 297 Å². The maximum absolute atomic E-state index is 12.6. The molecule has 0 saturated carbocycles. The molecule has 0 heterocycles. The van der Waals surface area contributed by atoms with Gasteiger partial charge in [0.2, 0.25) is 0 Å². The number of rotatable bonds is 37. The first-order chi connectivity index (χ1) is 23.1. The van der Waals surface area contributed by atoms with Crippen LogP contribution in [0.5, 0.6) is 0 Å². The molecule has 0 radical (unpaired) electrons. The molecule has 0 fully saturated rings. The number of carbonyl (C=O) groups excluding carboxylic acids is 1. The minimum absolute atomic E-state index is 0.0904. The summed E-state index contributed by atoms with van der Waals surface area (Å²) in [5.41, 5.74) is 0. The van der Waals surface area contributed by atoms with Gasteiger partial charge in [0.1, 0.15) is 19.3 Å². The average molecular weight is 705 g/mol. The summed E-state index contributed by atoms with van der Waals surface area (Å²) in [6.07, 6.45) is 33.8. The van der Waals surface area contributed by atoms with Gasteiger partial charge in [-0.1, -0.05) is 142 Å². The molecule has 286 valence electrons. The highest BCUT2D eigenvalue weighted by Crippen LogP contribution is 2.43. The second-order valence-electron chi connectivity index (χ2n) is 14.7. The third kappa shape index (κ3) is 36.5. The Morgan fingerprint density at radius 3 is 1.58 bits per heavy atom. The van der Waals surface area contributed by atoms with E-state index in [1.54, 1.807) is 0 Å². The Morgan fingerprint density at radius 2 is 1.08 bits per heavy atom. The molecular weight excluding hydrogens is 625 g/mol. The molecule has 0 aliphatic carbocycles. The predicted octanol–water partition coefficient (Wildman–Crippen LogP) is 11.1. The van der Waals surface area contributed by atoms with Crippen molar-refractivity contribution in [1.29, 1.82) is 0 Å². The molecule has 2 unspecified atom stereocenters. The van der Waals surface area contributed by atoms with Crippen LogP contribution in [0.25, 0.3) is 0 Å². The number of hydrogen-bond acceptors (Lipinski definition) is 6. The van der Waals surface area contributed by atoms with Crippen LogP contribution in [0.1, 0.15) is 174 Å². The molecule has 0 spiro atoms. The topological polar surface area (TPSA) is 91.3 Å². The first kappa shape index (κ1) is 47.2. The molecular formula is C39H79NO7P+. The molecule has 9 heteroatoms. The molecule has 0 bridgehead atoms. The molecule has 0 amide bonds. The Balaban J connectivity index is 4.18. The number of likely N-dealkylation sites (N-methyl/N-ethyl adjacent to an activating group) is 1. The Hall–Kier alpha value is -0.760. The van der Waals surface area contributed by atoms with Gasteiger partial charge in [-0.25, -0.2) is 4.57 Å². The molecule has 8 nitrogen and oxygen atoms in total. The van der Waals surface area contributed by atoms with Crippen molar-refractivity contribution in [1.82, 2.24) is 0 Å². The van der Waals surface area contributed by atoms with Crippen molar-refractivity contribution in [3.8, 4) is 0 Å². The molecule has 48 heavy (non-hydrogen) atoms. The largest absolute Gasteiger partial charge is 0.472 e. The van der Waals surface area contributed by atoms with Crippen LogP contribution in [0, 0.1) is 0 Å². The van der Waals surface area contributed by atoms with Gasteiger partial charge in [-0.15, -0.1) is 0 Å². The van der Waals surface area contributed by atoms with Crippen LogP contribution in [0.3, 0.4) is 0 Å². The maximum atomic E-state index is 12.6. The number of esters is 1. The van der Waals surface area contributed by atoms with E-state index in [0.29, 0.717) is 24.1 Å². The zero-order valence-electron chi connectivity index (χ0n) is 32.2. The van der Waals surface area contributed by atoms with Crippen LogP contribution in [0.2, 0.25) is 0 Å². The fourth-order valence-electron chi connectivity index (χ4n) is 5.43. The van der Waals surface area contributed by atoms with Crippen molar-refractivity contribution >= 4 is 13.8 Å². The van der Waals surface area contributed by atoms with Gasteiger partial charge >= 0.3 is 13.8 Å². The highest BCUT2D eigenvalue weighted by molar-refractivity contribution is 7.47. The lowest BCUT2D eigenvalue weighted by Gasteiger charge is -2.24. The smallest absolute Gasteiger partial charge is 0.457 e. The predicted molar refractivity (Wildman–Crippen MR) is 201 cm³/mol. The first-order valence-corrected chi connectivity index (χ1v) is 21.4. The zero-order chi connectivity index (χ0) is 35.6. The van der Waals surface area contributed by atoms with Gasteiger partial charge in [0, 0.05) is 13.0 Å². The number of hydrogen-bond donors (Lipinski definition) is 1.